The van der Waals surface area contributed by atoms with Gasteiger partial charge in [0.25, 0.3) is 0 Å². The van der Waals surface area contributed by atoms with Crippen LogP contribution in [0.25, 0.3) is 11.1 Å². The van der Waals surface area contributed by atoms with E-state index in [1.54, 1.807) is 0 Å². The van der Waals surface area contributed by atoms with Gasteiger partial charge < -0.3 is 5.11 Å². The Bertz CT molecular complexity index is 701. The highest BCUT2D eigenvalue weighted by molar-refractivity contribution is 5.75. The van der Waals surface area contributed by atoms with E-state index in [2.05, 4.69) is 60.7 Å². The highest BCUT2D eigenvalue weighted by atomic mass is 16.3. The first-order valence-corrected chi connectivity index (χ1v) is 8.04. The summed E-state index contributed by atoms with van der Waals surface area (Å²) in [7, 11) is 0. The molecule has 1 nitrogen and oxygen atoms in total. The molecule has 2 aliphatic rings. The number of hydrogen-bond acceptors (Lipinski definition) is 1. The Balaban J connectivity index is 1.46. The summed E-state index contributed by atoms with van der Waals surface area (Å²) < 4.78 is 0. The third-order valence-corrected chi connectivity index (χ3v) is 4.77. The SMILES string of the molecule is OC(CC1=CCc2ccccc21)CC1=CCc2ccccc21. The summed E-state index contributed by atoms with van der Waals surface area (Å²) in [5, 5.41) is 10.5. The van der Waals surface area contributed by atoms with Crippen LogP contribution in [0.2, 0.25) is 0 Å². The van der Waals surface area contributed by atoms with E-state index in [1.807, 2.05) is 0 Å². The van der Waals surface area contributed by atoms with Crippen molar-refractivity contribution in [3.8, 4) is 0 Å². The fourth-order valence-electron chi connectivity index (χ4n) is 3.68. The number of aliphatic hydroxyl groups excluding tert-OH is 1. The molecule has 0 heterocycles. The molecule has 4 rings (SSSR count). The number of allylic oxidation sites excluding steroid dienone is 2. The Hall–Kier alpha value is -2.12. The maximum atomic E-state index is 10.5. The molecule has 0 saturated heterocycles. The zero-order valence-electron chi connectivity index (χ0n) is 12.6. The standard InChI is InChI=1S/C21H20O/c22-19(13-17-11-9-15-5-1-3-7-20(15)17)14-18-12-10-16-6-2-4-8-21(16)18/h1-8,11-12,19,22H,9-10,13-14H2. The zero-order chi connectivity index (χ0) is 14.9. The number of benzene rings is 2. The van der Waals surface area contributed by atoms with E-state index in [4.69, 9.17) is 0 Å². The van der Waals surface area contributed by atoms with E-state index in [0.29, 0.717) is 0 Å². The average molecular weight is 288 g/mol. The van der Waals surface area contributed by atoms with Crippen molar-refractivity contribution in [2.45, 2.75) is 31.8 Å². The minimum absolute atomic E-state index is 0.310. The van der Waals surface area contributed by atoms with Crippen molar-refractivity contribution in [2.75, 3.05) is 0 Å². The number of hydrogen-bond donors (Lipinski definition) is 1. The van der Waals surface area contributed by atoms with Crippen molar-refractivity contribution in [3.05, 3.63) is 82.9 Å². The zero-order valence-corrected chi connectivity index (χ0v) is 12.6. The van der Waals surface area contributed by atoms with Crippen molar-refractivity contribution in [1.82, 2.24) is 0 Å². The van der Waals surface area contributed by atoms with Gasteiger partial charge in [-0.3, -0.25) is 0 Å². The predicted molar refractivity (Wildman–Crippen MR) is 91.5 cm³/mol. The van der Waals surface area contributed by atoms with Gasteiger partial charge in [-0.15, -0.1) is 0 Å². The van der Waals surface area contributed by atoms with Gasteiger partial charge in [-0.05, 0) is 59.1 Å². The van der Waals surface area contributed by atoms with Gasteiger partial charge in [-0.1, -0.05) is 60.7 Å². The first-order chi connectivity index (χ1) is 10.8. The third-order valence-electron chi connectivity index (χ3n) is 4.77. The molecule has 0 fully saturated rings. The minimum Gasteiger partial charge on any atom is -0.392 e. The lowest BCUT2D eigenvalue weighted by Gasteiger charge is -2.14. The van der Waals surface area contributed by atoms with Gasteiger partial charge in [-0.2, -0.15) is 0 Å². The third kappa shape index (κ3) is 2.42. The minimum atomic E-state index is -0.310. The highest BCUT2D eigenvalue weighted by Gasteiger charge is 2.20. The molecule has 0 aromatic heterocycles. The first kappa shape index (κ1) is 13.5. The summed E-state index contributed by atoms with van der Waals surface area (Å²) in [6, 6.07) is 17.1. The van der Waals surface area contributed by atoms with E-state index in [-0.39, 0.29) is 6.10 Å². The molecule has 0 aliphatic heterocycles. The Kier molecular flexibility index (Phi) is 3.44. The van der Waals surface area contributed by atoms with Crippen LogP contribution in [-0.4, -0.2) is 11.2 Å². The number of aliphatic hydroxyl groups is 1. The number of rotatable bonds is 4. The van der Waals surface area contributed by atoms with Crippen LogP contribution in [0.4, 0.5) is 0 Å². The summed E-state index contributed by atoms with van der Waals surface area (Å²) >= 11 is 0. The highest BCUT2D eigenvalue weighted by Crippen LogP contribution is 2.34. The van der Waals surface area contributed by atoms with Crippen LogP contribution < -0.4 is 0 Å². The molecule has 0 saturated carbocycles. The maximum absolute atomic E-state index is 10.5. The van der Waals surface area contributed by atoms with Crippen molar-refractivity contribution in [2.24, 2.45) is 0 Å². The molecule has 0 unspecified atom stereocenters. The van der Waals surface area contributed by atoms with Crippen LogP contribution in [0.5, 0.6) is 0 Å². The van der Waals surface area contributed by atoms with E-state index in [1.165, 1.54) is 33.4 Å². The molecule has 22 heavy (non-hydrogen) atoms. The molecule has 1 N–H and O–H groups in total. The van der Waals surface area contributed by atoms with Crippen molar-refractivity contribution < 1.29 is 5.11 Å². The summed E-state index contributed by atoms with van der Waals surface area (Å²) in [6.07, 6.45) is 7.73. The molecule has 2 aliphatic carbocycles. The van der Waals surface area contributed by atoms with Gasteiger partial charge in [0, 0.05) is 0 Å². The van der Waals surface area contributed by atoms with Crippen LogP contribution in [-0.2, 0) is 12.8 Å². The molecule has 0 atom stereocenters. The average Bonchev–Trinajstić information content (AvgIpc) is 3.13. The molecule has 110 valence electrons. The lowest BCUT2D eigenvalue weighted by atomic mass is 9.95. The van der Waals surface area contributed by atoms with E-state index >= 15 is 0 Å². The Morgan fingerprint density at radius 1 is 0.727 bits per heavy atom. The molecular formula is C21H20O. The molecule has 1 heteroatoms. The second-order valence-electron chi connectivity index (χ2n) is 6.24. The van der Waals surface area contributed by atoms with Crippen molar-refractivity contribution >= 4 is 11.1 Å². The number of fused-ring (bicyclic) bond motifs is 2. The smallest absolute Gasteiger partial charge is 0.0621 e. The fourth-order valence-corrected chi connectivity index (χ4v) is 3.68. The Morgan fingerprint density at radius 2 is 1.18 bits per heavy atom. The lowest BCUT2D eigenvalue weighted by molar-refractivity contribution is 0.186. The molecule has 0 bridgehead atoms. The Morgan fingerprint density at radius 3 is 1.68 bits per heavy atom. The lowest BCUT2D eigenvalue weighted by Crippen LogP contribution is -2.07. The van der Waals surface area contributed by atoms with Crippen molar-refractivity contribution in [1.29, 1.82) is 0 Å². The van der Waals surface area contributed by atoms with Gasteiger partial charge in [0.15, 0.2) is 0 Å². The second-order valence-corrected chi connectivity index (χ2v) is 6.24. The predicted octanol–water partition coefficient (Wildman–Crippen LogP) is 4.41. The largest absolute Gasteiger partial charge is 0.392 e. The molecule has 2 aromatic carbocycles. The summed E-state index contributed by atoms with van der Waals surface area (Å²) in [4.78, 5) is 0. The molecular weight excluding hydrogens is 268 g/mol. The van der Waals surface area contributed by atoms with Crippen LogP contribution in [0, 0.1) is 0 Å². The summed E-state index contributed by atoms with van der Waals surface area (Å²) in [5.41, 5.74) is 8.01. The quantitative estimate of drug-likeness (QED) is 0.883. The van der Waals surface area contributed by atoms with Crippen LogP contribution in [0.15, 0.2) is 60.7 Å². The van der Waals surface area contributed by atoms with E-state index in [0.717, 1.165) is 25.7 Å². The van der Waals surface area contributed by atoms with E-state index < -0.39 is 0 Å². The second kappa shape index (κ2) is 5.58. The molecule has 0 spiro atoms. The van der Waals surface area contributed by atoms with Gasteiger partial charge in [0.2, 0.25) is 0 Å². The van der Waals surface area contributed by atoms with Gasteiger partial charge >= 0.3 is 0 Å². The fraction of sp³-hybridized carbons (Fsp3) is 0.238. The van der Waals surface area contributed by atoms with Gasteiger partial charge in [-0.25, -0.2) is 0 Å². The van der Waals surface area contributed by atoms with Crippen LogP contribution >= 0.6 is 0 Å². The van der Waals surface area contributed by atoms with Crippen LogP contribution in [0.3, 0.4) is 0 Å². The maximum Gasteiger partial charge on any atom is 0.0621 e. The molecule has 0 radical (unpaired) electrons. The topological polar surface area (TPSA) is 20.2 Å². The van der Waals surface area contributed by atoms with Crippen molar-refractivity contribution in [3.63, 3.8) is 0 Å². The normalized spacial score (nSPS) is 15.5. The van der Waals surface area contributed by atoms with Gasteiger partial charge in [0.05, 0.1) is 6.10 Å². The van der Waals surface area contributed by atoms with Crippen LogP contribution in [0.1, 0.15) is 35.1 Å². The van der Waals surface area contributed by atoms with E-state index in [9.17, 15) is 5.11 Å². The summed E-state index contributed by atoms with van der Waals surface area (Å²) in [5.74, 6) is 0. The molecule has 2 aromatic rings. The first-order valence-electron chi connectivity index (χ1n) is 8.04. The van der Waals surface area contributed by atoms with Gasteiger partial charge in [0.1, 0.15) is 0 Å². The summed E-state index contributed by atoms with van der Waals surface area (Å²) in [6.45, 7) is 0. The molecule has 0 amide bonds. The monoisotopic (exact) mass is 288 g/mol. The Labute approximate surface area is 131 Å².